The van der Waals surface area contributed by atoms with Gasteiger partial charge in [-0.3, -0.25) is 14.5 Å². The molecule has 0 aliphatic carbocycles. The number of nitrogens with zero attached hydrogens (tertiary/aromatic N) is 3. The third-order valence-electron chi connectivity index (χ3n) is 5.61. The summed E-state index contributed by atoms with van der Waals surface area (Å²) in [4.78, 5) is 31.1. The van der Waals surface area contributed by atoms with Crippen LogP contribution in [-0.4, -0.2) is 71.8 Å². The van der Waals surface area contributed by atoms with Gasteiger partial charge in [-0.15, -0.1) is 0 Å². The van der Waals surface area contributed by atoms with Crippen LogP contribution in [0.25, 0.3) is 6.08 Å². The van der Waals surface area contributed by atoms with E-state index >= 15 is 0 Å². The van der Waals surface area contributed by atoms with Gasteiger partial charge in [0, 0.05) is 51.3 Å². The Hall–Kier alpha value is -1.56. The number of hydrogen-bond donors (Lipinski definition) is 0. The lowest BCUT2D eigenvalue weighted by molar-refractivity contribution is -0.130. The Bertz CT molecular complexity index is 753. The summed E-state index contributed by atoms with van der Waals surface area (Å²) in [6.07, 6.45) is 6.11. The molecule has 1 aromatic carbocycles. The van der Waals surface area contributed by atoms with Crippen LogP contribution in [0.5, 0.6) is 0 Å². The van der Waals surface area contributed by atoms with Gasteiger partial charge in [0.1, 0.15) is 0 Å². The molecule has 2 aliphatic heterocycles. The van der Waals surface area contributed by atoms with Gasteiger partial charge in [0.2, 0.25) is 11.8 Å². The average Bonchev–Trinajstić information content (AvgIpc) is 2.99. The number of likely N-dealkylation sites (tertiary alicyclic amines) is 1. The highest BCUT2D eigenvalue weighted by atomic mass is 35.5. The quantitative estimate of drug-likeness (QED) is 0.680. The van der Waals surface area contributed by atoms with Crippen molar-refractivity contribution in [2.45, 2.75) is 32.2 Å². The molecule has 2 fully saturated rings. The second kappa shape index (κ2) is 9.77. The van der Waals surface area contributed by atoms with Gasteiger partial charge in [-0.05, 0) is 50.1 Å². The molecular weight excluding hydrogens is 397 g/mol. The number of carbonyl (C=O) groups is 2. The minimum atomic E-state index is -0.0890. The van der Waals surface area contributed by atoms with Gasteiger partial charge < -0.3 is 9.80 Å². The van der Waals surface area contributed by atoms with E-state index in [0.29, 0.717) is 42.1 Å². The predicted molar refractivity (Wildman–Crippen MR) is 114 cm³/mol. The fourth-order valence-electron chi connectivity index (χ4n) is 3.79. The van der Waals surface area contributed by atoms with Crippen molar-refractivity contribution in [2.24, 2.45) is 0 Å². The monoisotopic (exact) mass is 423 g/mol. The molecule has 0 spiro atoms. The first-order valence-corrected chi connectivity index (χ1v) is 10.6. The van der Waals surface area contributed by atoms with Gasteiger partial charge in [0.25, 0.3) is 0 Å². The van der Waals surface area contributed by atoms with Crippen molar-refractivity contribution in [2.75, 3.05) is 39.3 Å². The van der Waals surface area contributed by atoms with E-state index < -0.39 is 0 Å². The summed E-state index contributed by atoms with van der Waals surface area (Å²) in [6, 6.07) is 5.84. The van der Waals surface area contributed by atoms with Gasteiger partial charge in [-0.1, -0.05) is 29.3 Å². The van der Waals surface area contributed by atoms with Gasteiger partial charge in [0.05, 0.1) is 10.0 Å². The largest absolute Gasteiger partial charge is 0.340 e. The molecular formula is C21H27Cl2N3O2. The molecule has 0 N–H and O–H groups in total. The van der Waals surface area contributed by atoms with Crippen LogP contribution in [0.1, 0.15) is 31.7 Å². The van der Waals surface area contributed by atoms with E-state index in [-0.39, 0.29) is 11.8 Å². The molecule has 2 heterocycles. The third kappa shape index (κ3) is 5.49. The lowest BCUT2D eigenvalue weighted by Crippen LogP contribution is -2.41. The highest BCUT2D eigenvalue weighted by Gasteiger charge is 2.25. The molecule has 2 amide bonds. The molecule has 1 aromatic rings. The molecule has 152 valence electrons. The molecule has 5 nitrogen and oxygen atoms in total. The SMILES string of the molecule is CC1CCCN1CCN1CCN(C(=O)/C=C/c2ccc(Cl)c(Cl)c2)CCC1=O. The van der Waals surface area contributed by atoms with Crippen molar-refractivity contribution in [1.82, 2.24) is 14.7 Å². The highest BCUT2D eigenvalue weighted by Crippen LogP contribution is 2.23. The molecule has 7 heteroatoms. The van der Waals surface area contributed by atoms with Crippen molar-refractivity contribution in [3.05, 3.63) is 39.9 Å². The van der Waals surface area contributed by atoms with Crippen LogP contribution in [0, 0.1) is 0 Å². The van der Waals surface area contributed by atoms with E-state index in [0.717, 1.165) is 25.2 Å². The van der Waals surface area contributed by atoms with Gasteiger partial charge in [0.15, 0.2) is 0 Å². The zero-order valence-electron chi connectivity index (χ0n) is 16.2. The molecule has 1 atom stereocenters. The fraction of sp³-hybridized carbons (Fsp3) is 0.524. The maximum atomic E-state index is 12.5. The average molecular weight is 424 g/mol. The normalized spacial score (nSPS) is 21.5. The van der Waals surface area contributed by atoms with Crippen molar-refractivity contribution in [3.63, 3.8) is 0 Å². The zero-order chi connectivity index (χ0) is 20.1. The molecule has 28 heavy (non-hydrogen) atoms. The first-order valence-electron chi connectivity index (χ1n) is 9.88. The van der Waals surface area contributed by atoms with E-state index in [1.807, 2.05) is 11.0 Å². The Kier molecular flexibility index (Phi) is 7.38. The van der Waals surface area contributed by atoms with Crippen molar-refractivity contribution in [3.8, 4) is 0 Å². The molecule has 0 radical (unpaired) electrons. The molecule has 2 aliphatic rings. The Labute approximate surface area is 176 Å². The van der Waals surface area contributed by atoms with Gasteiger partial charge in [-0.2, -0.15) is 0 Å². The predicted octanol–water partition coefficient (Wildman–Crippen LogP) is 3.55. The van der Waals surface area contributed by atoms with Crippen molar-refractivity contribution >= 4 is 41.1 Å². The Morgan fingerprint density at radius 1 is 1.14 bits per heavy atom. The number of amides is 2. The number of carbonyl (C=O) groups excluding carboxylic acids is 2. The van der Waals surface area contributed by atoms with Crippen LogP contribution < -0.4 is 0 Å². The molecule has 0 aromatic heterocycles. The summed E-state index contributed by atoms with van der Waals surface area (Å²) in [7, 11) is 0. The second-order valence-corrected chi connectivity index (χ2v) is 8.30. The molecule has 3 rings (SSSR count). The van der Waals surface area contributed by atoms with E-state index in [2.05, 4.69) is 11.8 Å². The van der Waals surface area contributed by atoms with E-state index in [1.54, 1.807) is 23.1 Å². The van der Waals surface area contributed by atoms with E-state index in [9.17, 15) is 9.59 Å². The smallest absolute Gasteiger partial charge is 0.246 e. The van der Waals surface area contributed by atoms with Crippen LogP contribution in [0.3, 0.4) is 0 Å². The Morgan fingerprint density at radius 3 is 2.68 bits per heavy atom. The van der Waals surface area contributed by atoms with Gasteiger partial charge in [-0.25, -0.2) is 0 Å². The topological polar surface area (TPSA) is 43.9 Å². The zero-order valence-corrected chi connectivity index (χ0v) is 17.8. The van der Waals surface area contributed by atoms with Crippen LogP contribution in [0.15, 0.2) is 24.3 Å². The van der Waals surface area contributed by atoms with Crippen LogP contribution in [0.2, 0.25) is 10.0 Å². The lowest BCUT2D eigenvalue weighted by Gasteiger charge is -2.26. The summed E-state index contributed by atoms with van der Waals surface area (Å²) in [5.74, 6) is 0.0458. The van der Waals surface area contributed by atoms with Gasteiger partial charge >= 0.3 is 0 Å². The summed E-state index contributed by atoms with van der Waals surface area (Å²) >= 11 is 11.9. The molecule has 0 saturated carbocycles. The van der Waals surface area contributed by atoms with Crippen LogP contribution in [0.4, 0.5) is 0 Å². The number of hydrogen-bond acceptors (Lipinski definition) is 3. The first kappa shape index (κ1) is 21.2. The van der Waals surface area contributed by atoms with E-state index in [4.69, 9.17) is 23.2 Å². The minimum Gasteiger partial charge on any atom is -0.340 e. The molecule has 0 bridgehead atoms. The third-order valence-corrected chi connectivity index (χ3v) is 6.35. The summed E-state index contributed by atoms with van der Waals surface area (Å²) in [6.45, 7) is 6.63. The first-order chi connectivity index (χ1) is 13.4. The summed E-state index contributed by atoms with van der Waals surface area (Å²) < 4.78 is 0. The molecule has 1 unspecified atom stereocenters. The summed E-state index contributed by atoms with van der Waals surface area (Å²) in [5, 5.41) is 0.944. The van der Waals surface area contributed by atoms with Crippen molar-refractivity contribution in [1.29, 1.82) is 0 Å². The number of benzene rings is 1. The summed E-state index contributed by atoms with van der Waals surface area (Å²) in [5.41, 5.74) is 0.815. The fourth-order valence-corrected chi connectivity index (χ4v) is 4.09. The molecule has 2 saturated heterocycles. The Balaban J connectivity index is 1.52. The number of rotatable bonds is 5. The maximum absolute atomic E-state index is 12.5. The van der Waals surface area contributed by atoms with Crippen LogP contribution >= 0.6 is 23.2 Å². The van der Waals surface area contributed by atoms with Crippen molar-refractivity contribution < 1.29 is 9.59 Å². The minimum absolute atomic E-state index is 0.0890. The maximum Gasteiger partial charge on any atom is 0.246 e. The lowest BCUT2D eigenvalue weighted by atomic mass is 10.2. The number of halogens is 2. The standard InChI is InChI=1S/C21H27Cl2N3O2/c1-16-3-2-9-24(16)11-12-26-14-13-25(10-8-21(26)28)20(27)7-5-17-4-6-18(22)19(23)15-17/h4-7,15-16H,2-3,8-14H2,1H3/b7-5+. The Morgan fingerprint density at radius 2 is 1.96 bits per heavy atom. The van der Waals surface area contributed by atoms with E-state index in [1.165, 1.54) is 18.9 Å². The van der Waals surface area contributed by atoms with Crippen LogP contribution in [-0.2, 0) is 9.59 Å². The second-order valence-electron chi connectivity index (χ2n) is 7.49. The highest BCUT2D eigenvalue weighted by molar-refractivity contribution is 6.42.